The molecular weight excluding hydrogens is 206 g/mol. The van der Waals surface area contributed by atoms with E-state index in [2.05, 4.69) is 5.32 Å². The molecule has 0 bridgehead atoms. The molecule has 1 amide bonds. The van der Waals surface area contributed by atoms with E-state index in [-0.39, 0.29) is 18.3 Å². The zero-order chi connectivity index (χ0) is 11.8. The third-order valence-corrected chi connectivity index (χ3v) is 2.99. The molecule has 1 aliphatic carbocycles. The number of carbonyl (C=O) groups excluding carboxylic acids is 1. The van der Waals surface area contributed by atoms with E-state index in [1.54, 1.807) is 19.1 Å². The van der Waals surface area contributed by atoms with Gasteiger partial charge in [-0.1, -0.05) is 0 Å². The number of amides is 1. The molecule has 86 valence electrons. The first-order valence-corrected chi connectivity index (χ1v) is 5.29. The highest BCUT2D eigenvalue weighted by Crippen LogP contribution is 2.35. The molecule has 16 heavy (non-hydrogen) atoms. The molecule has 2 rings (SSSR count). The van der Waals surface area contributed by atoms with Gasteiger partial charge in [0, 0.05) is 5.56 Å². The lowest BCUT2D eigenvalue weighted by Gasteiger charge is -2.15. The molecule has 3 N–H and O–H groups in total. The van der Waals surface area contributed by atoms with Crippen LogP contribution < -0.4 is 5.32 Å². The summed E-state index contributed by atoms with van der Waals surface area (Å²) in [5, 5.41) is 21.2. The number of benzene rings is 1. The molecule has 1 fully saturated rings. The van der Waals surface area contributed by atoms with Crippen molar-refractivity contribution in [3.63, 3.8) is 0 Å². The van der Waals surface area contributed by atoms with Gasteiger partial charge >= 0.3 is 0 Å². The van der Waals surface area contributed by atoms with E-state index in [4.69, 9.17) is 5.11 Å². The SMILES string of the molecule is Cc1cc(O)ccc1C(=O)NC1(CO)CC1. The normalized spacial score (nSPS) is 16.9. The number of hydrogen-bond donors (Lipinski definition) is 3. The summed E-state index contributed by atoms with van der Waals surface area (Å²) in [4.78, 5) is 11.9. The van der Waals surface area contributed by atoms with Gasteiger partial charge in [-0.05, 0) is 43.5 Å². The highest BCUT2D eigenvalue weighted by atomic mass is 16.3. The fraction of sp³-hybridized carbons (Fsp3) is 0.417. The van der Waals surface area contributed by atoms with Crippen LogP contribution in [0.25, 0.3) is 0 Å². The van der Waals surface area contributed by atoms with Crippen LogP contribution in [0, 0.1) is 6.92 Å². The van der Waals surface area contributed by atoms with Crippen LogP contribution in [-0.2, 0) is 0 Å². The lowest BCUT2D eigenvalue weighted by molar-refractivity contribution is 0.0906. The summed E-state index contributed by atoms with van der Waals surface area (Å²) in [6, 6.07) is 4.63. The van der Waals surface area contributed by atoms with E-state index in [9.17, 15) is 9.90 Å². The first kappa shape index (κ1) is 11.0. The van der Waals surface area contributed by atoms with Crippen LogP contribution in [0.5, 0.6) is 5.75 Å². The Bertz CT molecular complexity index is 424. The third-order valence-electron chi connectivity index (χ3n) is 2.99. The number of aromatic hydroxyl groups is 1. The second-order valence-corrected chi connectivity index (χ2v) is 4.39. The molecule has 1 saturated carbocycles. The Morgan fingerprint density at radius 1 is 1.50 bits per heavy atom. The van der Waals surface area contributed by atoms with Gasteiger partial charge in [0.15, 0.2) is 0 Å². The fourth-order valence-corrected chi connectivity index (χ4v) is 1.68. The van der Waals surface area contributed by atoms with Gasteiger partial charge in [0.25, 0.3) is 5.91 Å². The Morgan fingerprint density at radius 2 is 2.19 bits per heavy atom. The number of rotatable bonds is 3. The number of phenolic OH excluding ortho intramolecular Hbond substituents is 1. The van der Waals surface area contributed by atoms with Crippen molar-refractivity contribution in [3.8, 4) is 5.75 Å². The zero-order valence-electron chi connectivity index (χ0n) is 9.16. The number of aliphatic hydroxyl groups excluding tert-OH is 1. The molecule has 1 aromatic carbocycles. The zero-order valence-corrected chi connectivity index (χ0v) is 9.16. The summed E-state index contributed by atoms with van der Waals surface area (Å²) in [6.07, 6.45) is 1.65. The Kier molecular flexibility index (Phi) is 2.59. The van der Waals surface area contributed by atoms with E-state index in [0.29, 0.717) is 5.56 Å². The fourth-order valence-electron chi connectivity index (χ4n) is 1.68. The molecule has 4 nitrogen and oxygen atoms in total. The van der Waals surface area contributed by atoms with Crippen LogP contribution in [0.4, 0.5) is 0 Å². The van der Waals surface area contributed by atoms with Crippen LogP contribution in [-0.4, -0.2) is 28.3 Å². The summed E-state index contributed by atoms with van der Waals surface area (Å²) in [5.41, 5.74) is 0.866. The molecule has 1 aliphatic rings. The number of aryl methyl sites for hydroxylation is 1. The van der Waals surface area contributed by atoms with Gasteiger partial charge in [0.1, 0.15) is 5.75 Å². The predicted molar refractivity (Wildman–Crippen MR) is 59.4 cm³/mol. The van der Waals surface area contributed by atoms with Crippen LogP contribution >= 0.6 is 0 Å². The summed E-state index contributed by atoms with van der Waals surface area (Å²) >= 11 is 0. The van der Waals surface area contributed by atoms with Crippen LogP contribution in [0.15, 0.2) is 18.2 Å². The molecule has 1 aromatic rings. The van der Waals surface area contributed by atoms with Crippen molar-refractivity contribution < 1.29 is 15.0 Å². The molecule has 0 radical (unpaired) electrons. The Balaban J connectivity index is 2.15. The molecule has 0 atom stereocenters. The van der Waals surface area contributed by atoms with E-state index in [0.717, 1.165) is 18.4 Å². The van der Waals surface area contributed by atoms with Gasteiger partial charge in [0.2, 0.25) is 0 Å². The van der Waals surface area contributed by atoms with E-state index >= 15 is 0 Å². The molecule has 0 aromatic heterocycles. The first-order valence-electron chi connectivity index (χ1n) is 5.29. The number of carbonyl (C=O) groups is 1. The predicted octanol–water partition coefficient (Wildman–Crippen LogP) is 0.955. The number of aliphatic hydroxyl groups is 1. The minimum Gasteiger partial charge on any atom is -0.508 e. The summed E-state index contributed by atoms with van der Waals surface area (Å²) in [5.74, 6) is -0.0404. The summed E-state index contributed by atoms with van der Waals surface area (Å²) < 4.78 is 0. The highest BCUT2D eigenvalue weighted by Gasteiger charge is 2.43. The van der Waals surface area contributed by atoms with Crippen LogP contribution in [0.2, 0.25) is 0 Å². The highest BCUT2D eigenvalue weighted by molar-refractivity contribution is 5.96. The topological polar surface area (TPSA) is 69.6 Å². The molecular formula is C12H15NO3. The quantitative estimate of drug-likeness (QED) is 0.712. The maximum atomic E-state index is 11.9. The first-order chi connectivity index (χ1) is 7.56. The molecule has 0 aliphatic heterocycles. The minimum absolute atomic E-state index is 0.0180. The van der Waals surface area contributed by atoms with E-state index in [1.807, 2.05) is 0 Å². The van der Waals surface area contributed by atoms with Crippen LogP contribution in [0.3, 0.4) is 0 Å². The van der Waals surface area contributed by atoms with Crippen LogP contribution in [0.1, 0.15) is 28.8 Å². The van der Waals surface area contributed by atoms with Crippen molar-refractivity contribution in [3.05, 3.63) is 29.3 Å². The summed E-state index contributed by atoms with van der Waals surface area (Å²) in [6.45, 7) is 1.75. The van der Waals surface area contributed by atoms with Gasteiger partial charge in [-0.2, -0.15) is 0 Å². The maximum absolute atomic E-state index is 11.9. The van der Waals surface area contributed by atoms with Crippen molar-refractivity contribution in [2.45, 2.75) is 25.3 Å². The van der Waals surface area contributed by atoms with Gasteiger partial charge in [-0.25, -0.2) is 0 Å². The average Bonchev–Trinajstić information content (AvgIpc) is 2.98. The second-order valence-electron chi connectivity index (χ2n) is 4.39. The number of phenols is 1. The maximum Gasteiger partial charge on any atom is 0.252 e. The Labute approximate surface area is 93.9 Å². The smallest absolute Gasteiger partial charge is 0.252 e. The van der Waals surface area contributed by atoms with Gasteiger partial charge in [-0.3, -0.25) is 4.79 Å². The number of nitrogens with one attached hydrogen (secondary N) is 1. The van der Waals surface area contributed by atoms with Crippen molar-refractivity contribution in [1.29, 1.82) is 0 Å². The lowest BCUT2D eigenvalue weighted by Crippen LogP contribution is -2.39. The van der Waals surface area contributed by atoms with E-state index < -0.39 is 5.54 Å². The summed E-state index contributed by atoms with van der Waals surface area (Å²) in [7, 11) is 0. The monoisotopic (exact) mass is 221 g/mol. The van der Waals surface area contributed by atoms with Gasteiger partial charge in [-0.15, -0.1) is 0 Å². The molecule has 0 heterocycles. The van der Waals surface area contributed by atoms with Crippen molar-refractivity contribution in [2.75, 3.05) is 6.61 Å². The largest absolute Gasteiger partial charge is 0.508 e. The lowest BCUT2D eigenvalue weighted by atomic mass is 10.1. The van der Waals surface area contributed by atoms with Gasteiger partial charge < -0.3 is 15.5 Å². The standard InChI is InChI=1S/C12H15NO3/c1-8-6-9(15)2-3-10(8)11(16)13-12(7-14)4-5-12/h2-3,6,14-15H,4-5,7H2,1H3,(H,13,16). The average molecular weight is 221 g/mol. The Hall–Kier alpha value is -1.55. The minimum atomic E-state index is -0.401. The third kappa shape index (κ3) is 2.02. The van der Waals surface area contributed by atoms with E-state index in [1.165, 1.54) is 6.07 Å². The van der Waals surface area contributed by atoms with Crippen molar-refractivity contribution in [1.82, 2.24) is 5.32 Å². The Morgan fingerprint density at radius 3 is 2.69 bits per heavy atom. The molecule has 4 heteroatoms. The molecule has 0 saturated heterocycles. The molecule has 0 unspecified atom stereocenters. The van der Waals surface area contributed by atoms with Crippen molar-refractivity contribution in [2.24, 2.45) is 0 Å². The van der Waals surface area contributed by atoms with Crippen molar-refractivity contribution >= 4 is 5.91 Å². The molecule has 0 spiro atoms. The second kappa shape index (κ2) is 3.79. The number of hydrogen-bond acceptors (Lipinski definition) is 3. The van der Waals surface area contributed by atoms with Gasteiger partial charge in [0.05, 0.1) is 12.1 Å².